The first-order valence-corrected chi connectivity index (χ1v) is 10.5. The van der Waals surface area contributed by atoms with Crippen LogP contribution >= 0.6 is 27.5 Å². The van der Waals surface area contributed by atoms with Crippen LogP contribution in [0.3, 0.4) is 0 Å². The zero-order valence-electron chi connectivity index (χ0n) is 15.9. The van der Waals surface area contributed by atoms with Gasteiger partial charge in [-0.2, -0.15) is 0 Å². The van der Waals surface area contributed by atoms with Crippen molar-refractivity contribution in [3.05, 3.63) is 62.1 Å². The minimum Gasteiger partial charge on any atom is -0.486 e. The lowest BCUT2D eigenvalue weighted by atomic mass is 9.81. The Kier molecular flexibility index (Phi) is 5.00. The summed E-state index contributed by atoms with van der Waals surface area (Å²) in [5.74, 6) is 0.722. The number of fused-ring (bicyclic) bond motifs is 1. The van der Waals surface area contributed by atoms with Crippen molar-refractivity contribution in [1.82, 2.24) is 4.90 Å². The molecule has 0 aromatic heterocycles. The minimum absolute atomic E-state index is 0.0170. The summed E-state index contributed by atoms with van der Waals surface area (Å²) in [4.78, 5) is 27.5. The third kappa shape index (κ3) is 3.35. The Balaban J connectivity index is 1.52. The van der Waals surface area contributed by atoms with Gasteiger partial charge in [0.25, 0.3) is 5.91 Å². The van der Waals surface area contributed by atoms with Gasteiger partial charge in [0.05, 0.1) is 12.0 Å². The summed E-state index contributed by atoms with van der Waals surface area (Å²) >= 11 is 9.71. The van der Waals surface area contributed by atoms with E-state index in [-0.39, 0.29) is 11.7 Å². The summed E-state index contributed by atoms with van der Waals surface area (Å²) in [5.41, 5.74) is 2.44. The maximum Gasteiger partial charge on any atom is 0.253 e. The quantitative estimate of drug-likeness (QED) is 0.573. The van der Waals surface area contributed by atoms with Crippen LogP contribution in [0.5, 0.6) is 5.75 Å². The van der Waals surface area contributed by atoms with Crippen LogP contribution in [0.4, 0.5) is 0 Å². The Morgan fingerprint density at radius 2 is 1.82 bits per heavy atom. The molecule has 2 aliphatic rings. The van der Waals surface area contributed by atoms with Crippen molar-refractivity contribution < 1.29 is 14.3 Å². The van der Waals surface area contributed by atoms with Gasteiger partial charge >= 0.3 is 0 Å². The molecule has 1 saturated heterocycles. The zero-order chi connectivity index (χ0) is 20.1. The topological polar surface area (TPSA) is 46.6 Å². The molecule has 0 atom stereocenters. The number of nitrogens with zero attached hydrogens (tertiary/aromatic N) is 1. The van der Waals surface area contributed by atoms with E-state index >= 15 is 0 Å². The molecule has 146 valence electrons. The van der Waals surface area contributed by atoms with Gasteiger partial charge in [-0.3, -0.25) is 9.59 Å². The highest BCUT2D eigenvalue weighted by Gasteiger charge is 2.44. The first-order chi connectivity index (χ1) is 13.3. The molecule has 1 spiro atoms. The van der Waals surface area contributed by atoms with Crippen molar-refractivity contribution in [3.63, 3.8) is 0 Å². The van der Waals surface area contributed by atoms with Gasteiger partial charge in [0.1, 0.15) is 11.4 Å². The van der Waals surface area contributed by atoms with Crippen molar-refractivity contribution in [2.75, 3.05) is 13.1 Å². The van der Waals surface area contributed by atoms with Gasteiger partial charge in [-0.1, -0.05) is 27.5 Å². The number of likely N-dealkylation sites (tertiary alicyclic amines) is 1. The molecule has 2 heterocycles. The summed E-state index contributed by atoms with van der Waals surface area (Å²) in [6.07, 6.45) is 1.61. The van der Waals surface area contributed by atoms with E-state index in [1.807, 2.05) is 49.1 Å². The van der Waals surface area contributed by atoms with E-state index in [4.69, 9.17) is 16.3 Å². The summed E-state index contributed by atoms with van der Waals surface area (Å²) in [6.45, 7) is 4.93. The largest absolute Gasteiger partial charge is 0.486 e. The van der Waals surface area contributed by atoms with E-state index in [0.717, 1.165) is 15.6 Å². The number of hydrogen-bond donors (Lipinski definition) is 0. The number of rotatable bonds is 1. The Morgan fingerprint density at radius 1 is 1.18 bits per heavy atom. The minimum atomic E-state index is -0.534. The summed E-state index contributed by atoms with van der Waals surface area (Å²) in [6, 6.07) is 9.25. The van der Waals surface area contributed by atoms with E-state index in [2.05, 4.69) is 15.9 Å². The highest BCUT2D eigenvalue weighted by molar-refractivity contribution is 9.10. The maximum absolute atomic E-state index is 12.9. The Morgan fingerprint density at radius 3 is 2.46 bits per heavy atom. The van der Waals surface area contributed by atoms with E-state index < -0.39 is 5.60 Å². The van der Waals surface area contributed by atoms with E-state index in [0.29, 0.717) is 54.3 Å². The normalized spacial score (nSPS) is 18.0. The lowest BCUT2D eigenvalue weighted by molar-refractivity contribution is -0.00580. The number of piperidine rings is 1. The molecule has 0 N–H and O–H groups in total. The predicted molar refractivity (Wildman–Crippen MR) is 113 cm³/mol. The third-order valence-corrected chi connectivity index (χ3v) is 6.90. The molecule has 0 radical (unpaired) electrons. The first kappa shape index (κ1) is 19.5. The number of ether oxygens (including phenoxy) is 1. The van der Waals surface area contributed by atoms with Gasteiger partial charge in [0.2, 0.25) is 0 Å². The molecular weight excluding hydrogens is 442 g/mol. The average Bonchev–Trinajstić information content (AvgIpc) is 2.66. The molecule has 2 aromatic carbocycles. The van der Waals surface area contributed by atoms with E-state index in [1.54, 1.807) is 0 Å². The van der Waals surface area contributed by atoms with Crippen LogP contribution in [0, 0.1) is 13.8 Å². The van der Waals surface area contributed by atoms with Crippen molar-refractivity contribution in [2.24, 2.45) is 0 Å². The fourth-order valence-corrected chi connectivity index (χ4v) is 4.58. The maximum atomic E-state index is 12.9. The monoisotopic (exact) mass is 461 g/mol. The van der Waals surface area contributed by atoms with Gasteiger partial charge in [0, 0.05) is 41.0 Å². The first-order valence-electron chi connectivity index (χ1n) is 9.36. The number of Topliss-reactive ketones (excluding diaryl/α,β-unsaturated/α-hetero) is 1. The van der Waals surface area contributed by atoms with Crippen LogP contribution in [0.25, 0.3) is 0 Å². The van der Waals surface area contributed by atoms with E-state index in [1.165, 1.54) is 0 Å². The molecular formula is C22H21BrClNO3. The number of benzene rings is 2. The molecule has 6 heteroatoms. The number of carbonyl (C=O) groups excluding carboxylic acids is 2. The molecule has 4 rings (SSSR count). The van der Waals surface area contributed by atoms with E-state index in [9.17, 15) is 9.59 Å². The fraction of sp³-hybridized carbons (Fsp3) is 0.364. The molecule has 0 unspecified atom stereocenters. The molecule has 28 heavy (non-hydrogen) atoms. The number of carbonyl (C=O) groups is 2. The molecule has 0 aliphatic carbocycles. The highest BCUT2D eigenvalue weighted by Crippen LogP contribution is 2.43. The van der Waals surface area contributed by atoms with Crippen molar-refractivity contribution in [3.8, 4) is 5.75 Å². The SMILES string of the molecule is Cc1cc2c(c(C)c1Cl)C(=O)CC1(CCN(C(=O)c3ccc(Br)cc3)CC1)O2. The Bertz CT molecular complexity index is 963. The van der Waals surface area contributed by atoms with Crippen LogP contribution in [0.15, 0.2) is 34.8 Å². The molecule has 1 amide bonds. The summed E-state index contributed by atoms with van der Waals surface area (Å²) in [7, 11) is 0. The average molecular weight is 463 g/mol. The smallest absolute Gasteiger partial charge is 0.253 e. The molecule has 4 nitrogen and oxygen atoms in total. The van der Waals surface area contributed by atoms with Crippen molar-refractivity contribution in [2.45, 2.75) is 38.7 Å². The lowest BCUT2D eigenvalue weighted by Gasteiger charge is -2.44. The van der Waals surface area contributed by atoms with Gasteiger partial charge in [-0.15, -0.1) is 0 Å². The predicted octanol–water partition coefficient (Wildman–Crippen LogP) is 5.36. The van der Waals surface area contributed by atoms with Crippen LogP contribution in [0.1, 0.15) is 51.1 Å². The second kappa shape index (κ2) is 7.20. The van der Waals surface area contributed by atoms with Gasteiger partial charge in [0.15, 0.2) is 5.78 Å². The summed E-state index contributed by atoms with van der Waals surface area (Å²) < 4.78 is 7.32. The summed E-state index contributed by atoms with van der Waals surface area (Å²) in [5, 5.41) is 0.626. The van der Waals surface area contributed by atoms with Crippen LogP contribution in [0.2, 0.25) is 5.02 Å². The van der Waals surface area contributed by atoms with Crippen molar-refractivity contribution >= 4 is 39.2 Å². The van der Waals surface area contributed by atoms with Gasteiger partial charge < -0.3 is 9.64 Å². The zero-order valence-corrected chi connectivity index (χ0v) is 18.2. The molecule has 1 fully saturated rings. The lowest BCUT2D eigenvalue weighted by Crippen LogP contribution is -2.52. The number of aryl methyl sites for hydroxylation is 1. The Hall–Kier alpha value is -1.85. The second-order valence-corrected chi connectivity index (χ2v) is 8.98. The second-order valence-electron chi connectivity index (χ2n) is 7.69. The van der Waals surface area contributed by atoms with Gasteiger partial charge in [-0.05, 0) is 55.3 Å². The van der Waals surface area contributed by atoms with Gasteiger partial charge in [-0.25, -0.2) is 0 Å². The van der Waals surface area contributed by atoms with Crippen LogP contribution in [-0.2, 0) is 0 Å². The number of ketones is 1. The van der Waals surface area contributed by atoms with Crippen molar-refractivity contribution in [1.29, 1.82) is 0 Å². The molecule has 0 saturated carbocycles. The highest BCUT2D eigenvalue weighted by atomic mass is 79.9. The number of amides is 1. The van der Waals surface area contributed by atoms with Crippen LogP contribution in [-0.4, -0.2) is 35.3 Å². The number of halogens is 2. The Labute approximate surface area is 177 Å². The fourth-order valence-electron chi connectivity index (χ4n) is 4.17. The molecule has 2 aromatic rings. The molecule has 0 bridgehead atoms. The molecule has 2 aliphatic heterocycles. The third-order valence-electron chi connectivity index (χ3n) is 5.79. The number of hydrogen-bond acceptors (Lipinski definition) is 3. The standard InChI is InChI=1S/C22H21BrClNO3/c1-13-11-18-19(14(2)20(13)24)17(26)12-22(28-18)7-9-25(10-8-22)21(27)15-3-5-16(23)6-4-15/h3-6,11H,7-10,12H2,1-2H3. The van der Waals surface area contributed by atoms with Crippen LogP contribution < -0.4 is 4.74 Å².